The monoisotopic (exact) mass is 1440 g/mol. The molecule has 6 aliphatic rings. The predicted octanol–water partition coefficient (Wildman–Crippen LogP) is 7.60. The second kappa shape index (κ2) is 32.0. The number of imide groups is 1. The van der Waals surface area contributed by atoms with Gasteiger partial charge in [0.25, 0.3) is 11.8 Å². The number of ether oxygens (including phenoxy) is 3. The molecule has 103 heavy (non-hydrogen) atoms. The number of aliphatic hydroxyl groups is 2. The number of carbonyl (C=O) groups is 8. The fourth-order valence-corrected chi connectivity index (χ4v) is 17.6. The Bertz CT molecular complexity index is 4110. The van der Waals surface area contributed by atoms with Crippen LogP contribution < -0.4 is 37.2 Å². The highest BCUT2D eigenvalue weighted by molar-refractivity contribution is 7.22. The van der Waals surface area contributed by atoms with Gasteiger partial charge in [-0.05, 0) is 148 Å². The van der Waals surface area contributed by atoms with Crippen LogP contribution in [-0.4, -0.2) is 186 Å². The molecule has 2 aliphatic heterocycles. The zero-order valence-corrected chi connectivity index (χ0v) is 59.9. The van der Waals surface area contributed by atoms with Crippen molar-refractivity contribution in [2.24, 2.45) is 33.8 Å². The maximum atomic E-state index is 14.0. The molecule has 10 N–H and O–H groups in total. The molecule has 6 aromatic rings. The standard InChI is InChI=1S/C73H93N15O14S/c1-44(2)61(81-57(91)23-28-100-29-26-87-59(93)21-22-60(87)94)65(95)76-32-48(11-9-24-75-67(74)98)31-58(92)78-49-17-15-47(16-18-49)36-101-69(99)85(50(34-89)35-90)27-30-102-73-40-70(5)37-71(6,41-73)39-72(38-70,42-73)43-88-46(4)53(33-77-88)52-19-20-56(80-62(52)66(96)97)86-25-10-12-51-45(3)63(83-84-64(51)86)82-68-79-54-13-7-8-14-55(54)103-68/h7-8,13-22,33,44,48,50,61,89-90H,9-12,23-32,34-43H2,1-6H3,(H,76,95)(H,78,92)(H,81,91)(H,96,97)(H3,74,75,98)(H,79,82,83)/t48-,61-,70-,71+,72?,73?/m0/s1. The number of aromatic carboxylic acids is 1. The number of para-hydroxylation sites is 1. The van der Waals surface area contributed by atoms with Crippen LogP contribution in [0.4, 0.5) is 37.9 Å². The molecule has 2 aromatic carbocycles. The number of nitrogens with zero attached hydrogens (tertiary/aromatic N) is 9. The number of hydrogen-bond acceptors (Lipinski definition) is 21. The van der Waals surface area contributed by atoms with Crippen molar-refractivity contribution in [2.45, 2.75) is 149 Å². The van der Waals surface area contributed by atoms with Gasteiger partial charge in [0.15, 0.2) is 22.5 Å². The summed E-state index contributed by atoms with van der Waals surface area (Å²) in [6.07, 6.45) is 10.9. The maximum Gasteiger partial charge on any atom is 0.410 e. The lowest BCUT2D eigenvalue weighted by atomic mass is 9.39. The van der Waals surface area contributed by atoms with E-state index in [1.54, 1.807) is 44.3 Å². The number of primary amides is 1. The molecule has 29 nitrogen and oxygen atoms in total. The Balaban J connectivity index is 0.678. The lowest BCUT2D eigenvalue weighted by Gasteiger charge is -2.69. The second-order valence-electron chi connectivity index (χ2n) is 29.3. The Kier molecular flexibility index (Phi) is 23.2. The number of urea groups is 1. The SMILES string of the molecule is Cc1c(Nc2nc3ccccc3s2)nnc2c1CCCN2c1ccc(-c2cnn(CC34CC5(OCCN(C(=O)OCc6ccc(NC(=O)C[C@H](CCCNC(N)=O)CNC(=O)[C@@H](NC(=O)CCOCCN7C(=O)C=CC7=O)C(C)C)cc6)C(CO)CO)C[C@](C)(C3)C[C@](C)(C4)C5)c2C)c(C(=O)O)n1. The normalized spacial score (nSPS) is 20.9. The van der Waals surface area contributed by atoms with Crippen molar-refractivity contribution < 1.29 is 67.9 Å². The van der Waals surface area contributed by atoms with Gasteiger partial charge in [-0.1, -0.05) is 63.3 Å². The Labute approximate surface area is 601 Å². The third kappa shape index (κ3) is 17.8. The Morgan fingerprint density at radius 1 is 0.835 bits per heavy atom. The van der Waals surface area contributed by atoms with Gasteiger partial charge in [0.2, 0.25) is 17.7 Å². The summed E-state index contributed by atoms with van der Waals surface area (Å²) in [6.45, 7) is 12.6. The van der Waals surface area contributed by atoms with E-state index >= 15 is 0 Å². The molecule has 30 heteroatoms. The Morgan fingerprint density at radius 2 is 1.57 bits per heavy atom. The molecule has 4 bridgehead atoms. The molecule has 4 aliphatic carbocycles. The minimum atomic E-state index is -1.17. The van der Waals surface area contributed by atoms with E-state index < -0.39 is 78.5 Å². The minimum Gasteiger partial charge on any atom is -0.476 e. The Hall–Kier alpha value is -9.49. The number of nitrogens with two attached hydrogens (primary N) is 1. The molecule has 6 atom stereocenters. The van der Waals surface area contributed by atoms with E-state index in [-0.39, 0.29) is 99.2 Å². The quantitative estimate of drug-likeness (QED) is 0.0139. The molecule has 0 spiro atoms. The third-order valence-electron chi connectivity index (χ3n) is 20.5. The number of rotatable bonds is 34. The van der Waals surface area contributed by atoms with Gasteiger partial charge in [-0.15, -0.1) is 10.2 Å². The molecule has 8 amide bonds. The topological polar surface area (TPSA) is 390 Å². The molecule has 2 unspecified atom stereocenters. The summed E-state index contributed by atoms with van der Waals surface area (Å²) < 4.78 is 21.4. The van der Waals surface area contributed by atoms with Gasteiger partial charge in [0.05, 0.1) is 67.6 Å². The number of fused-ring (bicyclic) bond motifs is 2. The molecule has 0 radical (unpaired) electrons. The molecule has 4 fully saturated rings. The summed E-state index contributed by atoms with van der Waals surface area (Å²) in [5, 5.41) is 61.0. The van der Waals surface area contributed by atoms with Gasteiger partial charge in [-0.25, -0.2) is 24.4 Å². The van der Waals surface area contributed by atoms with Gasteiger partial charge >= 0.3 is 18.1 Å². The first-order valence-electron chi connectivity index (χ1n) is 35.2. The van der Waals surface area contributed by atoms with Crippen molar-refractivity contribution in [1.82, 2.24) is 55.7 Å². The zero-order valence-electron chi connectivity index (χ0n) is 59.1. The first-order valence-corrected chi connectivity index (χ1v) is 36.0. The summed E-state index contributed by atoms with van der Waals surface area (Å²) >= 11 is 1.54. The van der Waals surface area contributed by atoms with E-state index in [1.807, 2.05) is 59.8 Å². The predicted molar refractivity (Wildman–Crippen MR) is 383 cm³/mol. The number of carbonyl (C=O) groups excluding carboxylic acids is 7. The van der Waals surface area contributed by atoms with Crippen LogP contribution in [0.5, 0.6) is 0 Å². The highest BCUT2D eigenvalue weighted by Gasteiger charge is 2.66. The number of carboxylic acids is 1. The molecule has 6 heterocycles. The van der Waals surface area contributed by atoms with Gasteiger partial charge in [0, 0.05) is 91.4 Å². The molecule has 0 saturated heterocycles. The van der Waals surface area contributed by atoms with Crippen LogP contribution in [0, 0.1) is 41.9 Å². The van der Waals surface area contributed by atoms with Crippen molar-refractivity contribution in [3.63, 3.8) is 0 Å². The molecule has 4 saturated carbocycles. The van der Waals surface area contributed by atoms with Gasteiger partial charge in [-0.3, -0.25) is 38.5 Å². The van der Waals surface area contributed by atoms with E-state index in [2.05, 4.69) is 50.6 Å². The number of pyridine rings is 1. The summed E-state index contributed by atoms with van der Waals surface area (Å²) in [5.74, 6) is -2.29. The minimum absolute atomic E-state index is 0.00699. The summed E-state index contributed by atoms with van der Waals surface area (Å²) in [4.78, 5) is 116. The number of nitrogens with one attached hydrogen (secondary N) is 5. The van der Waals surface area contributed by atoms with Crippen LogP contribution in [-0.2, 0) is 57.8 Å². The number of aliphatic hydroxyl groups excluding tert-OH is 2. The maximum absolute atomic E-state index is 14.0. The van der Waals surface area contributed by atoms with Crippen LogP contribution in [0.1, 0.15) is 131 Å². The van der Waals surface area contributed by atoms with Crippen LogP contribution in [0.2, 0.25) is 0 Å². The molecular weight excluding hydrogens is 1340 g/mol. The van der Waals surface area contributed by atoms with Gasteiger partial charge in [-0.2, -0.15) is 5.10 Å². The molecule has 4 aromatic heterocycles. The highest BCUT2D eigenvalue weighted by atomic mass is 32.1. The average Bonchev–Trinajstić information content (AvgIpc) is 0.922. The third-order valence-corrected chi connectivity index (χ3v) is 21.4. The number of hydrogen-bond donors (Lipinski definition) is 9. The van der Waals surface area contributed by atoms with Crippen LogP contribution in [0.15, 0.2) is 79.0 Å². The van der Waals surface area contributed by atoms with Crippen LogP contribution in [0.3, 0.4) is 0 Å². The van der Waals surface area contributed by atoms with E-state index in [4.69, 9.17) is 35.0 Å². The van der Waals surface area contributed by atoms with Crippen molar-refractivity contribution >= 4 is 97.5 Å². The molecule has 550 valence electrons. The molecule has 12 rings (SSSR count). The number of thiazole rings is 1. The van der Waals surface area contributed by atoms with Crippen molar-refractivity contribution in [2.75, 3.05) is 81.3 Å². The second-order valence-corrected chi connectivity index (χ2v) is 30.3. The van der Waals surface area contributed by atoms with Crippen molar-refractivity contribution in [1.29, 1.82) is 0 Å². The summed E-state index contributed by atoms with van der Waals surface area (Å²) in [5.41, 5.74) is 10.1. The first-order chi connectivity index (χ1) is 49.3. The van der Waals surface area contributed by atoms with Gasteiger partial charge in [0.1, 0.15) is 18.5 Å². The van der Waals surface area contributed by atoms with E-state index in [9.17, 15) is 53.7 Å². The summed E-state index contributed by atoms with van der Waals surface area (Å²) in [7, 11) is 0. The van der Waals surface area contributed by atoms with E-state index in [1.165, 1.54) is 28.4 Å². The van der Waals surface area contributed by atoms with Crippen molar-refractivity contribution in [3.05, 3.63) is 107 Å². The van der Waals surface area contributed by atoms with Gasteiger partial charge < -0.3 is 66.7 Å². The Morgan fingerprint density at radius 3 is 2.27 bits per heavy atom. The van der Waals surface area contributed by atoms with Crippen LogP contribution in [0.25, 0.3) is 21.3 Å². The largest absolute Gasteiger partial charge is 0.476 e. The van der Waals surface area contributed by atoms with Crippen LogP contribution >= 0.6 is 11.3 Å². The number of anilines is 5. The number of amides is 8. The highest BCUT2D eigenvalue weighted by Crippen LogP contribution is 2.72. The smallest absolute Gasteiger partial charge is 0.410 e. The number of benzene rings is 2. The number of aromatic nitrogens is 6. The number of carboxylic acid groups (broad SMARTS) is 1. The lowest BCUT2D eigenvalue weighted by Crippen LogP contribution is -2.64. The zero-order chi connectivity index (χ0) is 73.4. The fourth-order valence-electron chi connectivity index (χ4n) is 16.8. The first kappa shape index (κ1) is 74.7. The average molecular weight is 1440 g/mol. The van der Waals surface area contributed by atoms with Crippen molar-refractivity contribution in [3.8, 4) is 11.1 Å². The van der Waals surface area contributed by atoms with E-state index in [0.717, 1.165) is 83.3 Å². The fraction of sp³-hybridized carbons (Fsp3) is 0.521. The summed E-state index contributed by atoms with van der Waals surface area (Å²) in [6, 6.07) is 15.7. The van der Waals surface area contributed by atoms with E-state index in [0.29, 0.717) is 70.9 Å². The molecular formula is C73H93N15O14S. The lowest BCUT2D eigenvalue weighted by molar-refractivity contribution is -0.249.